The van der Waals surface area contributed by atoms with Crippen LogP contribution in [0.25, 0.3) is 0 Å². The summed E-state index contributed by atoms with van der Waals surface area (Å²) < 4.78 is 21.6. The van der Waals surface area contributed by atoms with Gasteiger partial charge in [-0.3, -0.25) is 0 Å². The molecule has 0 saturated carbocycles. The molecule has 0 aromatic heterocycles. The predicted molar refractivity (Wildman–Crippen MR) is 94.1 cm³/mol. The van der Waals surface area contributed by atoms with E-state index >= 15 is 0 Å². The van der Waals surface area contributed by atoms with Crippen molar-refractivity contribution in [1.29, 1.82) is 0 Å². The molecule has 142 valence electrons. The van der Waals surface area contributed by atoms with Gasteiger partial charge in [-0.1, -0.05) is 6.07 Å². The van der Waals surface area contributed by atoms with Crippen molar-refractivity contribution >= 4 is 11.9 Å². The largest absolute Gasteiger partial charge is 0.456 e. The molecule has 0 amide bonds. The zero-order chi connectivity index (χ0) is 18.9. The number of benzene rings is 1. The van der Waals surface area contributed by atoms with Crippen LogP contribution in [0.4, 0.5) is 0 Å². The van der Waals surface area contributed by atoms with Gasteiger partial charge in [0.05, 0.1) is 36.5 Å². The lowest BCUT2D eigenvalue weighted by Gasteiger charge is -2.25. The molecule has 6 heteroatoms. The topological polar surface area (TPSA) is 77.7 Å². The van der Waals surface area contributed by atoms with Crippen molar-refractivity contribution in [1.82, 2.24) is 0 Å². The molecule has 2 atom stereocenters. The minimum Gasteiger partial charge on any atom is -0.456 e. The molecule has 2 heterocycles. The first kappa shape index (κ1) is 18.9. The Labute approximate surface area is 153 Å². The van der Waals surface area contributed by atoms with Gasteiger partial charge >= 0.3 is 11.9 Å². The molecule has 1 aromatic rings. The summed E-state index contributed by atoms with van der Waals surface area (Å²) in [5.41, 5.74) is -0.595. The molecular formula is C20H26O6. The van der Waals surface area contributed by atoms with E-state index in [1.165, 1.54) is 6.07 Å². The Morgan fingerprint density at radius 2 is 1.31 bits per heavy atom. The first-order valence-corrected chi connectivity index (χ1v) is 8.93. The zero-order valence-electron chi connectivity index (χ0n) is 15.7. The molecule has 2 saturated heterocycles. The van der Waals surface area contributed by atoms with Crippen LogP contribution < -0.4 is 0 Å². The molecule has 3 rings (SSSR count). The van der Waals surface area contributed by atoms with Crippen molar-refractivity contribution in [2.24, 2.45) is 0 Å². The van der Waals surface area contributed by atoms with Crippen LogP contribution in [0.2, 0.25) is 0 Å². The number of carbonyl (C=O) groups excluding carboxylic acids is 2. The van der Waals surface area contributed by atoms with Gasteiger partial charge in [0.1, 0.15) is 11.2 Å². The van der Waals surface area contributed by atoms with Gasteiger partial charge in [-0.05, 0) is 45.9 Å². The van der Waals surface area contributed by atoms with E-state index in [1.807, 2.05) is 27.7 Å². The van der Waals surface area contributed by atoms with E-state index < -0.39 is 23.1 Å². The van der Waals surface area contributed by atoms with Gasteiger partial charge in [0.15, 0.2) is 0 Å². The summed E-state index contributed by atoms with van der Waals surface area (Å²) in [4.78, 5) is 24.9. The van der Waals surface area contributed by atoms with Gasteiger partial charge in [-0.2, -0.15) is 0 Å². The molecule has 2 aliphatic rings. The zero-order valence-corrected chi connectivity index (χ0v) is 15.7. The third-order valence-corrected chi connectivity index (χ3v) is 4.32. The van der Waals surface area contributed by atoms with Crippen LogP contribution in [0.15, 0.2) is 24.3 Å². The number of ether oxygens (including phenoxy) is 4. The maximum atomic E-state index is 12.4. The number of esters is 2. The Balaban J connectivity index is 1.62. The van der Waals surface area contributed by atoms with Crippen molar-refractivity contribution in [3.63, 3.8) is 0 Å². The maximum absolute atomic E-state index is 12.4. The second-order valence-corrected chi connectivity index (χ2v) is 8.20. The average Bonchev–Trinajstić information content (AvgIpc) is 3.44. The van der Waals surface area contributed by atoms with Gasteiger partial charge in [-0.15, -0.1) is 0 Å². The summed E-state index contributed by atoms with van der Waals surface area (Å²) in [7, 11) is 0. The highest BCUT2D eigenvalue weighted by atomic mass is 16.6. The Morgan fingerprint density at radius 1 is 0.923 bits per heavy atom. The SMILES string of the molecule is CC(C)(CC1CO1)OC(=O)c1cccc(C(=O)OC(C)(C)CC2CO2)c1. The van der Waals surface area contributed by atoms with Gasteiger partial charge in [0, 0.05) is 12.8 Å². The lowest BCUT2D eigenvalue weighted by atomic mass is 10.0. The predicted octanol–water partition coefficient (Wildman–Crippen LogP) is 3.14. The molecule has 2 aliphatic heterocycles. The fraction of sp³-hybridized carbons (Fsp3) is 0.600. The van der Waals surface area contributed by atoms with Crippen molar-refractivity contribution in [3.8, 4) is 0 Å². The fourth-order valence-electron chi connectivity index (χ4n) is 2.94. The minimum atomic E-state index is -0.624. The van der Waals surface area contributed by atoms with Crippen LogP contribution in [-0.4, -0.2) is 48.6 Å². The molecule has 2 unspecified atom stereocenters. The fourth-order valence-corrected chi connectivity index (χ4v) is 2.94. The Bertz CT molecular complexity index is 630. The number of hydrogen-bond donors (Lipinski definition) is 0. The average molecular weight is 362 g/mol. The third kappa shape index (κ3) is 5.54. The third-order valence-electron chi connectivity index (χ3n) is 4.32. The molecule has 26 heavy (non-hydrogen) atoms. The van der Waals surface area contributed by atoms with Gasteiger partial charge in [-0.25, -0.2) is 9.59 Å². The van der Waals surface area contributed by atoms with E-state index in [9.17, 15) is 9.59 Å². The number of carbonyl (C=O) groups is 2. The molecule has 0 radical (unpaired) electrons. The monoisotopic (exact) mass is 362 g/mol. The highest BCUT2D eigenvalue weighted by molar-refractivity contribution is 5.95. The van der Waals surface area contributed by atoms with Crippen molar-refractivity contribution in [2.75, 3.05) is 13.2 Å². The van der Waals surface area contributed by atoms with Gasteiger partial charge in [0.25, 0.3) is 0 Å². The maximum Gasteiger partial charge on any atom is 0.338 e. The molecule has 2 fully saturated rings. The molecule has 0 aliphatic carbocycles. The van der Waals surface area contributed by atoms with Crippen molar-refractivity contribution < 1.29 is 28.5 Å². The van der Waals surface area contributed by atoms with Crippen LogP contribution in [0.5, 0.6) is 0 Å². The van der Waals surface area contributed by atoms with E-state index in [2.05, 4.69) is 0 Å². The Morgan fingerprint density at radius 3 is 1.65 bits per heavy atom. The summed E-state index contributed by atoms with van der Waals surface area (Å²) in [6.45, 7) is 8.84. The van der Waals surface area contributed by atoms with Crippen LogP contribution in [0.3, 0.4) is 0 Å². The lowest BCUT2D eigenvalue weighted by molar-refractivity contribution is -0.00749. The van der Waals surface area contributed by atoms with E-state index in [1.54, 1.807) is 18.2 Å². The lowest BCUT2D eigenvalue weighted by Crippen LogP contribution is -2.30. The second-order valence-electron chi connectivity index (χ2n) is 8.20. The van der Waals surface area contributed by atoms with Gasteiger partial charge < -0.3 is 18.9 Å². The van der Waals surface area contributed by atoms with E-state index in [4.69, 9.17) is 18.9 Å². The first-order chi connectivity index (χ1) is 12.1. The summed E-state index contributed by atoms with van der Waals surface area (Å²) in [6, 6.07) is 6.43. The van der Waals surface area contributed by atoms with Crippen LogP contribution in [0, 0.1) is 0 Å². The molecule has 1 aromatic carbocycles. The Kier molecular flexibility index (Phi) is 5.08. The quantitative estimate of drug-likeness (QED) is 0.522. The standard InChI is InChI=1S/C20H26O6/c1-19(2,9-15-11-23-15)25-17(21)13-6-5-7-14(8-13)18(22)26-20(3,4)10-16-12-24-16/h5-8,15-16H,9-12H2,1-4H3. The smallest absolute Gasteiger partial charge is 0.338 e. The van der Waals surface area contributed by atoms with Crippen molar-refractivity contribution in [2.45, 2.75) is 63.9 Å². The Hall–Kier alpha value is -1.92. The molecule has 0 spiro atoms. The molecular weight excluding hydrogens is 336 g/mol. The summed E-state index contributed by atoms with van der Waals surface area (Å²) in [6.07, 6.45) is 1.63. The second kappa shape index (κ2) is 7.00. The minimum absolute atomic E-state index is 0.164. The highest BCUT2D eigenvalue weighted by Crippen LogP contribution is 2.28. The number of hydrogen-bond acceptors (Lipinski definition) is 6. The number of rotatable bonds is 8. The first-order valence-electron chi connectivity index (χ1n) is 8.93. The molecule has 0 bridgehead atoms. The summed E-state index contributed by atoms with van der Waals surface area (Å²) in [5.74, 6) is -0.924. The van der Waals surface area contributed by atoms with Crippen LogP contribution in [0.1, 0.15) is 61.3 Å². The number of epoxide rings is 2. The summed E-state index contributed by atoms with van der Waals surface area (Å²) >= 11 is 0. The normalized spacial score (nSPS) is 21.8. The van der Waals surface area contributed by atoms with E-state index in [0.717, 1.165) is 0 Å². The molecule has 6 nitrogen and oxygen atoms in total. The van der Waals surface area contributed by atoms with E-state index in [-0.39, 0.29) is 12.2 Å². The van der Waals surface area contributed by atoms with Gasteiger partial charge in [0.2, 0.25) is 0 Å². The van der Waals surface area contributed by atoms with Crippen LogP contribution >= 0.6 is 0 Å². The molecule has 0 N–H and O–H groups in total. The highest BCUT2D eigenvalue weighted by Gasteiger charge is 2.35. The summed E-state index contributed by atoms with van der Waals surface area (Å²) in [5, 5.41) is 0. The van der Waals surface area contributed by atoms with E-state index in [0.29, 0.717) is 37.2 Å². The van der Waals surface area contributed by atoms with Crippen LogP contribution in [-0.2, 0) is 18.9 Å². The van der Waals surface area contributed by atoms with Crippen molar-refractivity contribution in [3.05, 3.63) is 35.4 Å².